The maximum atomic E-state index is 13.3. The molecule has 0 saturated carbocycles. The fraction of sp³-hybridized carbons (Fsp3) is 0.520. The first-order chi connectivity index (χ1) is 14.8. The topological polar surface area (TPSA) is 53.8 Å². The minimum atomic E-state index is -0.317. The Morgan fingerprint density at radius 2 is 1.68 bits per heavy atom. The lowest BCUT2D eigenvalue weighted by Crippen LogP contribution is -2.45. The van der Waals surface area contributed by atoms with Crippen molar-refractivity contribution < 1.29 is 18.4 Å². The van der Waals surface area contributed by atoms with Crippen molar-refractivity contribution in [3.8, 4) is 0 Å². The standard InChI is InChI=1S/C25H35FN2O3/c1-5-6-7-8-9-24(29)28(19(2)3)18-25(30)27(17-23-15-10-20(4)31-23)16-21-11-13-22(26)14-12-21/h10-15,19H,5-9,16-18H2,1-4H3. The van der Waals surface area contributed by atoms with Gasteiger partial charge in [-0.05, 0) is 57.0 Å². The number of unbranched alkanes of at least 4 members (excludes halogenated alkanes) is 3. The summed E-state index contributed by atoms with van der Waals surface area (Å²) in [6.07, 6.45) is 4.56. The van der Waals surface area contributed by atoms with Crippen molar-refractivity contribution in [1.82, 2.24) is 9.80 Å². The highest BCUT2D eigenvalue weighted by molar-refractivity contribution is 5.85. The average molecular weight is 431 g/mol. The molecule has 2 aromatic rings. The van der Waals surface area contributed by atoms with Crippen LogP contribution in [0, 0.1) is 12.7 Å². The Bertz CT molecular complexity index is 830. The average Bonchev–Trinajstić information content (AvgIpc) is 3.14. The maximum Gasteiger partial charge on any atom is 0.242 e. The molecule has 170 valence electrons. The van der Waals surface area contributed by atoms with Gasteiger partial charge in [-0.1, -0.05) is 38.3 Å². The maximum absolute atomic E-state index is 13.3. The SMILES string of the molecule is CCCCCCC(=O)N(CC(=O)N(Cc1ccc(F)cc1)Cc1ccc(C)o1)C(C)C. The van der Waals surface area contributed by atoms with Crippen LogP contribution < -0.4 is 0 Å². The Labute approximate surface area is 185 Å². The van der Waals surface area contributed by atoms with Gasteiger partial charge in [-0.25, -0.2) is 4.39 Å². The molecule has 0 aliphatic heterocycles. The van der Waals surface area contributed by atoms with Crippen LogP contribution in [0.2, 0.25) is 0 Å². The molecule has 2 amide bonds. The van der Waals surface area contributed by atoms with Gasteiger partial charge < -0.3 is 14.2 Å². The van der Waals surface area contributed by atoms with Gasteiger partial charge in [0.05, 0.1) is 13.1 Å². The van der Waals surface area contributed by atoms with Gasteiger partial charge in [-0.15, -0.1) is 0 Å². The second-order valence-electron chi connectivity index (χ2n) is 8.31. The number of carbonyl (C=O) groups excluding carboxylic acids is 2. The van der Waals surface area contributed by atoms with Crippen LogP contribution in [-0.4, -0.2) is 34.2 Å². The van der Waals surface area contributed by atoms with E-state index in [1.54, 1.807) is 21.9 Å². The Morgan fingerprint density at radius 3 is 2.26 bits per heavy atom. The van der Waals surface area contributed by atoms with E-state index in [1.165, 1.54) is 12.1 Å². The Kier molecular flexibility index (Phi) is 9.76. The monoisotopic (exact) mass is 430 g/mol. The van der Waals surface area contributed by atoms with Gasteiger partial charge in [0.1, 0.15) is 17.3 Å². The fourth-order valence-corrected chi connectivity index (χ4v) is 3.45. The summed E-state index contributed by atoms with van der Waals surface area (Å²) in [5.41, 5.74) is 0.819. The van der Waals surface area contributed by atoms with Crippen molar-refractivity contribution in [3.63, 3.8) is 0 Å². The van der Waals surface area contributed by atoms with E-state index in [2.05, 4.69) is 6.92 Å². The lowest BCUT2D eigenvalue weighted by molar-refractivity contribution is -0.143. The number of aryl methyl sites for hydroxylation is 1. The first-order valence-corrected chi connectivity index (χ1v) is 11.2. The highest BCUT2D eigenvalue weighted by atomic mass is 19.1. The van der Waals surface area contributed by atoms with Crippen molar-refractivity contribution in [2.45, 2.75) is 78.9 Å². The van der Waals surface area contributed by atoms with Crippen LogP contribution in [0.4, 0.5) is 4.39 Å². The highest BCUT2D eigenvalue weighted by Crippen LogP contribution is 2.15. The van der Waals surface area contributed by atoms with Crippen molar-refractivity contribution in [2.75, 3.05) is 6.54 Å². The molecular weight excluding hydrogens is 395 g/mol. The normalized spacial score (nSPS) is 11.0. The molecule has 1 aromatic heterocycles. The predicted octanol–water partition coefficient (Wildman–Crippen LogP) is 5.46. The molecule has 1 aromatic carbocycles. The van der Waals surface area contributed by atoms with Crippen LogP contribution in [0.15, 0.2) is 40.8 Å². The summed E-state index contributed by atoms with van der Waals surface area (Å²) in [6.45, 7) is 8.47. The van der Waals surface area contributed by atoms with Crippen molar-refractivity contribution in [2.24, 2.45) is 0 Å². The number of carbonyl (C=O) groups is 2. The first-order valence-electron chi connectivity index (χ1n) is 11.2. The molecule has 5 nitrogen and oxygen atoms in total. The van der Waals surface area contributed by atoms with Gasteiger partial charge >= 0.3 is 0 Å². The molecule has 0 aliphatic rings. The number of benzene rings is 1. The van der Waals surface area contributed by atoms with Crippen molar-refractivity contribution in [3.05, 3.63) is 59.3 Å². The molecular formula is C25H35FN2O3. The second kappa shape index (κ2) is 12.3. The van der Waals surface area contributed by atoms with Gasteiger partial charge in [0.25, 0.3) is 0 Å². The molecule has 0 spiro atoms. The molecule has 0 radical (unpaired) electrons. The van der Waals surface area contributed by atoms with Crippen molar-refractivity contribution >= 4 is 11.8 Å². The quantitative estimate of drug-likeness (QED) is 0.420. The van der Waals surface area contributed by atoms with Gasteiger partial charge in [0, 0.05) is 19.0 Å². The Balaban J connectivity index is 2.11. The van der Waals surface area contributed by atoms with Crippen LogP contribution in [0.25, 0.3) is 0 Å². The minimum absolute atomic E-state index is 0.00929. The molecule has 0 unspecified atom stereocenters. The molecule has 6 heteroatoms. The number of hydrogen-bond acceptors (Lipinski definition) is 3. The van der Waals surface area contributed by atoms with E-state index in [9.17, 15) is 14.0 Å². The molecule has 0 N–H and O–H groups in total. The molecule has 0 bridgehead atoms. The molecule has 0 aliphatic carbocycles. The molecule has 1 heterocycles. The van der Waals surface area contributed by atoms with Crippen LogP contribution >= 0.6 is 0 Å². The summed E-state index contributed by atoms with van der Waals surface area (Å²) in [7, 11) is 0. The Hall–Kier alpha value is -2.63. The molecule has 0 atom stereocenters. The minimum Gasteiger partial charge on any atom is -0.464 e. The number of furan rings is 1. The number of nitrogens with zero attached hydrogens (tertiary/aromatic N) is 2. The van der Waals surface area contributed by atoms with E-state index in [-0.39, 0.29) is 30.2 Å². The lowest BCUT2D eigenvalue weighted by Gasteiger charge is -2.30. The molecule has 31 heavy (non-hydrogen) atoms. The zero-order valence-electron chi connectivity index (χ0n) is 19.2. The second-order valence-corrected chi connectivity index (χ2v) is 8.31. The number of halogens is 1. The lowest BCUT2D eigenvalue weighted by atomic mass is 10.1. The van der Waals surface area contributed by atoms with E-state index in [1.807, 2.05) is 32.9 Å². The van der Waals surface area contributed by atoms with E-state index in [4.69, 9.17) is 4.42 Å². The zero-order valence-corrected chi connectivity index (χ0v) is 19.2. The largest absolute Gasteiger partial charge is 0.464 e. The summed E-state index contributed by atoms with van der Waals surface area (Å²) in [6, 6.07) is 9.74. The summed E-state index contributed by atoms with van der Waals surface area (Å²) in [5, 5.41) is 0. The summed E-state index contributed by atoms with van der Waals surface area (Å²) in [5.74, 6) is 0.983. The zero-order chi connectivity index (χ0) is 22.8. The van der Waals surface area contributed by atoms with E-state index in [0.717, 1.165) is 37.0 Å². The van der Waals surface area contributed by atoms with Crippen LogP contribution in [-0.2, 0) is 22.7 Å². The third-order valence-corrected chi connectivity index (χ3v) is 5.28. The highest BCUT2D eigenvalue weighted by Gasteiger charge is 2.24. The van der Waals surface area contributed by atoms with E-state index in [0.29, 0.717) is 25.3 Å². The summed E-state index contributed by atoms with van der Waals surface area (Å²) < 4.78 is 19.0. The third kappa shape index (κ3) is 8.19. The molecule has 0 saturated heterocycles. The number of rotatable bonds is 12. The van der Waals surface area contributed by atoms with Crippen LogP contribution in [0.1, 0.15) is 70.0 Å². The first kappa shape index (κ1) is 24.6. The van der Waals surface area contributed by atoms with Crippen LogP contribution in [0.5, 0.6) is 0 Å². The molecule has 0 fully saturated rings. The van der Waals surface area contributed by atoms with E-state index >= 15 is 0 Å². The summed E-state index contributed by atoms with van der Waals surface area (Å²) in [4.78, 5) is 29.3. The summed E-state index contributed by atoms with van der Waals surface area (Å²) >= 11 is 0. The third-order valence-electron chi connectivity index (χ3n) is 5.28. The van der Waals surface area contributed by atoms with E-state index < -0.39 is 0 Å². The fourth-order valence-electron chi connectivity index (χ4n) is 3.45. The van der Waals surface area contributed by atoms with Gasteiger partial charge in [0.2, 0.25) is 11.8 Å². The number of amides is 2. The van der Waals surface area contributed by atoms with Crippen molar-refractivity contribution in [1.29, 1.82) is 0 Å². The number of hydrogen-bond donors (Lipinski definition) is 0. The smallest absolute Gasteiger partial charge is 0.242 e. The predicted molar refractivity (Wildman–Crippen MR) is 120 cm³/mol. The van der Waals surface area contributed by atoms with Gasteiger partial charge in [-0.3, -0.25) is 9.59 Å². The van der Waals surface area contributed by atoms with Gasteiger partial charge in [0.15, 0.2) is 0 Å². The molecule has 2 rings (SSSR count). The van der Waals surface area contributed by atoms with Gasteiger partial charge in [-0.2, -0.15) is 0 Å². The van der Waals surface area contributed by atoms with Crippen LogP contribution in [0.3, 0.4) is 0 Å². The Morgan fingerprint density at radius 1 is 0.968 bits per heavy atom.